The van der Waals surface area contributed by atoms with Crippen molar-refractivity contribution in [3.05, 3.63) is 32.3 Å². The van der Waals surface area contributed by atoms with Crippen LogP contribution in [-0.4, -0.2) is 63.1 Å². The number of fused-ring (bicyclic) bond motifs is 1. The summed E-state index contributed by atoms with van der Waals surface area (Å²) in [6.45, 7) is 10.8. The minimum atomic E-state index is -2.22. The van der Waals surface area contributed by atoms with Gasteiger partial charge in [0, 0.05) is 24.3 Å². The van der Waals surface area contributed by atoms with Crippen LogP contribution in [0.3, 0.4) is 0 Å². The molecule has 41 heavy (non-hydrogen) atoms. The van der Waals surface area contributed by atoms with Crippen molar-refractivity contribution in [2.45, 2.75) is 76.3 Å². The lowest BCUT2D eigenvalue weighted by atomic mass is 10.1. The first-order valence-corrected chi connectivity index (χ1v) is 19.3. The van der Waals surface area contributed by atoms with E-state index < -0.39 is 44.1 Å². The molecule has 0 radical (unpaired) electrons. The quantitative estimate of drug-likeness (QED) is 0.199. The fourth-order valence-corrected chi connectivity index (χ4v) is 7.31. The van der Waals surface area contributed by atoms with E-state index in [2.05, 4.69) is 51.0 Å². The number of ether oxygens (including phenoxy) is 3. The standard InChI is InChI=1S/C25H32N4O6S5Si/c1-25(2,3)41(4,5)32-14-16-17(34-23(36)39-11-6-9-26)18(35-24(37)40-12-7-10-27)21(33-16)29-15-8-13-38-19(15)20(30)28-22(29)31/h8,13,16-18,21H,6-7,11-12,14H2,1-5H3,(H,28,30,31)/t16-,17-,18-,21-/m1/s1. The number of aromatic amines is 1. The molecule has 0 aliphatic carbocycles. The number of aromatic nitrogens is 2. The number of thiophene rings is 1. The van der Waals surface area contributed by atoms with Gasteiger partial charge in [-0.15, -0.1) is 11.3 Å². The Labute approximate surface area is 262 Å². The van der Waals surface area contributed by atoms with E-state index in [-0.39, 0.29) is 26.8 Å². The lowest BCUT2D eigenvalue weighted by Crippen LogP contribution is -2.46. The van der Waals surface area contributed by atoms with Gasteiger partial charge in [0.2, 0.25) is 8.77 Å². The van der Waals surface area contributed by atoms with Crippen molar-refractivity contribution in [2.75, 3.05) is 18.1 Å². The number of thioether (sulfide) groups is 2. The van der Waals surface area contributed by atoms with Crippen molar-refractivity contribution >= 4 is 86.6 Å². The molecule has 10 nitrogen and oxygen atoms in total. The average Bonchev–Trinajstić information content (AvgIpc) is 3.49. The van der Waals surface area contributed by atoms with Crippen molar-refractivity contribution in [1.29, 1.82) is 10.5 Å². The molecule has 0 saturated carbocycles. The lowest BCUT2D eigenvalue weighted by molar-refractivity contribution is -0.0477. The molecule has 16 heteroatoms. The molecule has 2 aromatic heterocycles. The van der Waals surface area contributed by atoms with Gasteiger partial charge in [0.1, 0.15) is 10.8 Å². The van der Waals surface area contributed by atoms with Crippen molar-refractivity contribution in [3.8, 4) is 12.1 Å². The fraction of sp³-hybridized carbons (Fsp3) is 0.600. The molecule has 0 bridgehead atoms. The number of thiocarbonyl (C=S) groups is 2. The van der Waals surface area contributed by atoms with Crippen molar-refractivity contribution < 1.29 is 18.6 Å². The molecule has 1 saturated heterocycles. The Morgan fingerprint density at radius 2 is 1.71 bits per heavy atom. The van der Waals surface area contributed by atoms with Crippen molar-refractivity contribution in [1.82, 2.24) is 9.55 Å². The van der Waals surface area contributed by atoms with E-state index in [0.717, 1.165) is 0 Å². The molecule has 0 amide bonds. The van der Waals surface area contributed by atoms with Gasteiger partial charge in [-0.25, -0.2) is 4.79 Å². The Bertz CT molecular complexity index is 1450. The molecular weight excluding hydrogens is 641 g/mol. The predicted molar refractivity (Wildman–Crippen MR) is 174 cm³/mol. The minimum Gasteiger partial charge on any atom is -0.468 e. The predicted octanol–water partition coefficient (Wildman–Crippen LogP) is 5.30. The van der Waals surface area contributed by atoms with Crippen LogP contribution < -0.4 is 11.2 Å². The third-order valence-corrected chi connectivity index (χ3v) is 14.6. The van der Waals surface area contributed by atoms with Gasteiger partial charge in [-0.1, -0.05) is 44.3 Å². The second kappa shape index (κ2) is 14.6. The van der Waals surface area contributed by atoms with Gasteiger partial charge in [-0.2, -0.15) is 10.5 Å². The van der Waals surface area contributed by atoms with Crippen LogP contribution >= 0.6 is 59.3 Å². The highest BCUT2D eigenvalue weighted by Crippen LogP contribution is 2.40. The smallest absolute Gasteiger partial charge is 0.331 e. The number of nitrogens with zero attached hydrogens (tertiary/aromatic N) is 3. The van der Waals surface area contributed by atoms with Gasteiger partial charge in [0.15, 0.2) is 26.8 Å². The summed E-state index contributed by atoms with van der Waals surface area (Å²) in [6.07, 6.45) is -2.99. The highest BCUT2D eigenvalue weighted by molar-refractivity contribution is 8.22. The third-order valence-electron chi connectivity index (χ3n) is 6.84. The van der Waals surface area contributed by atoms with Gasteiger partial charge in [-0.05, 0) is 54.0 Å². The zero-order valence-corrected chi connectivity index (χ0v) is 28.4. The van der Waals surface area contributed by atoms with Gasteiger partial charge in [0.05, 0.1) is 24.3 Å². The number of rotatable bonds is 10. The Hall–Kier alpha value is -1.76. The molecule has 1 aliphatic heterocycles. The first-order chi connectivity index (χ1) is 19.3. The zero-order valence-electron chi connectivity index (χ0n) is 23.3. The van der Waals surface area contributed by atoms with Crippen LogP contribution in [0.15, 0.2) is 21.0 Å². The van der Waals surface area contributed by atoms with Crippen LogP contribution in [-0.2, 0) is 18.6 Å². The number of nitrogens with one attached hydrogen (secondary N) is 1. The molecule has 0 unspecified atom stereocenters. The van der Waals surface area contributed by atoms with Gasteiger partial charge in [0.25, 0.3) is 5.56 Å². The fourth-order valence-electron chi connectivity index (χ4n) is 3.71. The molecular formula is C25H32N4O6S5Si. The van der Waals surface area contributed by atoms with E-state index in [1.165, 1.54) is 39.4 Å². The summed E-state index contributed by atoms with van der Waals surface area (Å²) >= 11 is 14.6. The summed E-state index contributed by atoms with van der Waals surface area (Å²) in [4.78, 5) is 28.1. The highest BCUT2D eigenvalue weighted by atomic mass is 32.2. The Morgan fingerprint density at radius 1 is 1.12 bits per heavy atom. The molecule has 1 fully saturated rings. The summed E-state index contributed by atoms with van der Waals surface area (Å²) in [6, 6.07) is 5.83. The average molecular weight is 673 g/mol. The maximum absolute atomic E-state index is 13.2. The van der Waals surface area contributed by atoms with Crippen LogP contribution in [0, 0.1) is 22.7 Å². The van der Waals surface area contributed by atoms with Gasteiger partial charge in [-0.3, -0.25) is 14.3 Å². The molecule has 2 aromatic rings. The number of hydrogen-bond donors (Lipinski definition) is 1. The summed E-state index contributed by atoms with van der Waals surface area (Å²) in [7, 11) is -2.22. The van der Waals surface area contributed by atoms with Crippen LogP contribution in [0.2, 0.25) is 18.1 Å². The number of nitriles is 2. The molecule has 3 heterocycles. The van der Waals surface area contributed by atoms with Crippen molar-refractivity contribution in [3.63, 3.8) is 0 Å². The van der Waals surface area contributed by atoms with Gasteiger partial charge < -0.3 is 18.6 Å². The first kappa shape index (κ1) is 33.7. The minimum absolute atomic E-state index is 0.0721. The van der Waals surface area contributed by atoms with E-state index in [9.17, 15) is 9.59 Å². The lowest BCUT2D eigenvalue weighted by Gasteiger charge is -2.37. The van der Waals surface area contributed by atoms with E-state index in [0.29, 0.717) is 28.1 Å². The molecule has 222 valence electrons. The van der Waals surface area contributed by atoms with E-state index >= 15 is 0 Å². The first-order valence-electron chi connectivity index (χ1n) is 12.7. The Kier molecular flexibility index (Phi) is 12.0. The number of H-pyrrole nitrogens is 1. The Balaban J connectivity index is 2.05. The van der Waals surface area contributed by atoms with Crippen LogP contribution in [0.5, 0.6) is 0 Å². The van der Waals surface area contributed by atoms with E-state index in [4.69, 9.17) is 53.6 Å². The summed E-state index contributed by atoms with van der Waals surface area (Å²) < 4.78 is 27.5. The van der Waals surface area contributed by atoms with E-state index in [1.54, 1.807) is 11.4 Å². The topological polar surface area (TPSA) is 139 Å². The molecule has 3 rings (SSSR count). The van der Waals surface area contributed by atoms with Crippen molar-refractivity contribution in [2.24, 2.45) is 0 Å². The molecule has 1 aliphatic rings. The molecule has 4 atom stereocenters. The summed E-state index contributed by atoms with van der Waals surface area (Å²) in [5.74, 6) is 0.868. The molecule has 1 N–H and O–H groups in total. The van der Waals surface area contributed by atoms with E-state index in [1.807, 2.05) is 0 Å². The molecule has 0 spiro atoms. The monoisotopic (exact) mass is 672 g/mol. The van der Waals surface area contributed by atoms with Gasteiger partial charge >= 0.3 is 5.69 Å². The maximum atomic E-state index is 13.2. The SMILES string of the molecule is CC(C)(C)[Si](C)(C)OC[C@H]1O[C@@H](n2c(=O)[nH]c(=O)c3sccc32)[C@H](OC(=S)SCCC#N)[C@@H]1OC(=S)SCCC#N. The maximum Gasteiger partial charge on any atom is 0.331 e. The second-order valence-electron chi connectivity index (χ2n) is 10.6. The summed E-state index contributed by atoms with van der Waals surface area (Å²) in [5.41, 5.74) is -0.769. The number of hydrogen-bond acceptors (Lipinski definition) is 13. The van der Waals surface area contributed by atoms with Crippen LogP contribution in [0.4, 0.5) is 0 Å². The second-order valence-corrected chi connectivity index (χ2v) is 19.7. The highest BCUT2D eigenvalue weighted by Gasteiger charge is 2.52. The normalized spacial score (nSPS) is 20.9. The van der Waals surface area contributed by atoms with Crippen LogP contribution in [0.25, 0.3) is 10.2 Å². The van der Waals surface area contributed by atoms with Crippen LogP contribution in [0.1, 0.15) is 39.8 Å². The third kappa shape index (κ3) is 8.42. The summed E-state index contributed by atoms with van der Waals surface area (Å²) in [5, 5.41) is 19.5. The zero-order chi connectivity index (χ0) is 30.4. The Morgan fingerprint density at radius 3 is 2.27 bits per heavy atom. The molecule has 0 aromatic carbocycles. The largest absolute Gasteiger partial charge is 0.468 e.